The summed E-state index contributed by atoms with van der Waals surface area (Å²) in [5, 5.41) is 0. The van der Waals surface area contributed by atoms with E-state index in [2.05, 4.69) is 4.98 Å². The van der Waals surface area contributed by atoms with Gasteiger partial charge in [0.1, 0.15) is 0 Å². The first-order chi connectivity index (χ1) is 7.52. The molecule has 1 heterocycles. The fourth-order valence-corrected chi connectivity index (χ4v) is 1.39. The molecule has 0 saturated carbocycles. The molecule has 0 spiro atoms. The summed E-state index contributed by atoms with van der Waals surface area (Å²) in [7, 11) is 1.73. The SMILES string of the molecule is CC(C(=O)N(C)Cc1ccncc1)C(N)=S. The number of nitrogens with two attached hydrogens (primary N) is 1. The van der Waals surface area contributed by atoms with Gasteiger partial charge < -0.3 is 10.6 Å². The lowest BCUT2D eigenvalue weighted by atomic mass is 10.1. The molecule has 1 aromatic heterocycles. The Bertz CT molecular complexity index is 380. The van der Waals surface area contributed by atoms with Crippen LogP contribution in [0.3, 0.4) is 0 Å². The van der Waals surface area contributed by atoms with Crippen molar-refractivity contribution < 1.29 is 4.79 Å². The highest BCUT2D eigenvalue weighted by Crippen LogP contribution is 2.06. The lowest BCUT2D eigenvalue weighted by molar-refractivity contribution is -0.132. The average molecular weight is 237 g/mol. The van der Waals surface area contributed by atoms with Crippen LogP contribution in [0.4, 0.5) is 0 Å². The van der Waals surface area contributed by atoms with Gasteiger partial charge in [-0.2, -0.15) is 0 Å². The maximum atomic E-state index is 11.8. The Balaban J connectivity index is 2.62. The average Bonchev–Trinajstić information content (AvgIpc) is 2.28. The Labute approximate surface area is 100 Å². The smallest absolute Gasteiger partial charge is 0.232 e. The summed E-state index contributed by atoms with van der Waals surface area (Å²) in [5.74, 6) is -0.480. The van der Waals surface area contributed by atoms with E-state index < -0.39 is 5.92 Å². The Kier molecular flexibility index (Phi) is 4.37. The molecule has 5 heteroatoms. The summed E-state index contributed by atoms with van der Waals surface area (Å²) in [6.45, 7) is 2.25. The minimum absolute atomic E-state index is 0.0655. The summed E-state index contributed by atoms with van der Waals surface area (Å²) in [4.78, 5) is 17.6. The number of thiocarbonyl (C=S) groups is 1. The van der Waals surface area contributed by atoms with Gasteiger partial charge in [0, 0.05) is 26.0 Å². The maximum absolute atomic E-state index is 11.8. The number of amides is 1. The molecule has 1 atom stereocenters. The van der Waals surface area contributed by atoms with Crippen LogP contribution in [0, 0.1) is 5.92 Å². The molecule has 86 valence electrons. The number of hydrogen-bond donors (Lipinski definition) is 1. The van der Waals surface area contributed by atoms with Gasteiger partial charge in [-0.15, -0.1) is 0 Å². The van der Waals surface area contributed by atoms with E-state index in [4.69, 9.17) is 18.0 Å². The largest absolute Gasteiger partial charge is 0.393 e. The van der Waals surface area contributed by atoms with Crippen LogP contribution in [-0.4, -0.2) is 27.8 Å². The standard InChI is InChI=1S/C11H15N3OS/c1-8(10(12)16)11(15)14(2)7-9-3-5-13-6-4-9/h3-6,8H,7H2,1-2H3,(H2,12,16). The van der Waals surface area contributed by atoms with Gasteiger partial charge in [-0.1, -0.05) is 12.2 Å². The molecule has 0 aromatic carbocycles. The molecule has 0 radical (unpaired) electrons. The lowest BCUT2D eigenvalue weighted by Crippen LogP contribution is -2.37. The fourth-order valence-electron chi connectivity index (χ4n) is 1.29. The molecular weight excluding hydrogens is 222 g/mol. The summed E-state index contributed by atoms with van der Waals surface area (Å²) >= 11 is 4.80. The van der Waals surface area contributed by atoms with Crippen molar-refractivity contribution in [2.45, 2.75) is 13.5 Å². The van der Waals surface area contributed by atoms with Crippen LogP contribution in [0.25, 0.3) is 0 Å². The first kappa shape index (κ1) is 12.6. The van der Waals surface area contributed by atoms with Gasteiger partial charge >= 0.3 is 0 Å². The predicted octanol–water partition coefficient (Wildman–Crippen LogP) is 0.962. The van der Waals surface area contributed by atoms with Crippen molar-refractivity contribution in [2.75, 3.05) is 7.05 Å². The van der Waals surface area contributed by atoms with Crippen molar-refractivity contribution in [1.29, 1.82) is 0 Å². The van der Waals surface area contributed by atoms with Gasteiger partial charge in [-0.05, 0) is 24.6 Å². The zero-order valence-corrected chi connectivity index (χ0v) is 10.2. The van der Waals surface area contributed by atoms with Crippen molar-refractivity contribution in [3.8, 4) is 0 Å². The Morgan fingerprint density at radius 2 is 2.12 bits per heavy atom. The van der Waals surface area contributed by atoms with Crippen LogP contribution >= 0.6 is 12.2 Å². The third kappa shape index (κ3) is 3.27. The molecule has 0 bridgehead atoms. The van der Waals surface area contributed by atoms with E-state index in [9.17, 15) is 4.79 Å². The van der Waals surface area contributed by atoms with Crippen LogP contribution in [-0.2, 0) is 11.3 Å². The zero-order valence-electron chi connectivity index (χ0n) is 9.38. The number of hydrogen-bond acceptors (Lipinski definition) is 3. The monoisotopic (exact) mass is 237 g/mol. The minimum Gasteiger partial charge on any atom is -0.393 e. The Morgan fingerprint density at radius 1 is 1.56 bits per heavy atom. The van der Waals surface area contributed by atoms with Crippen LogP contribution in [0.1, 0.15) is 12.5 Å². The molecular formula is C11H15N3OS. The predicted molar refractivity (Wildman–Crippen MR) is 66.7 cm³/mol. The zero-order chi connectivity index (χ0) is 12.1. The molecule has 0 fully saturated rings. The molecule has 16 heavy (non-hydrogen) atoms. The van der Waals surface area contributed by atoms with Crippen molar-refractivity contribution in [3.63, 3.8) is 0 Å². The summed E-state index contributed by atoms with van der Waals surface area (Å²) in [6, 6.07) is 3.74. The Hall–Kier alpha value is -1.49. The second kappa shape index (κ2) is 5.55. The van der Waals surface area contributed by atoms with E-state index in [1.807, 2.05) is 12.1 Å². The molecule has 1 unspecified atom stereocenters. The highest BCUT2D eigenvalue weighted by molar-refractivity contribution is 7.80. The number of carbonyl (C=O) groups excluding carboxylic acids is 1. The fraction of sp³-hybridized carbons (Fsp3) is 0.364. The summed E-state index contributed by atoms with van der Waals surface area (Å²) in [5.41, 5.74) is 6.47. The van der Waals surface area contributed by atoms with E-state index >= 15 is 0 Å². The molecule has 0 aliphatic heterocycles. The van der Waals surface area contributed by atoms with Crippen LogP contribution in [0.5, 0.6) is 0 Å². The normalized spacial score (nSPS) is 11.9. The van der Waals surface area contributed by atoms with Gasteiger partial charge in [0.05, 0.1) is 10.9 Å². The highest BCUT2D eigenvalue weighted by Gasteiger charge is 2.19. The summed E-state index contributed by atoms with van der Waals surface area (Å²) in [6.07, 6.45) is 3.40. The molecule has 1 amide bonds. The van der Waals surface area contributed by atoms with E-state index in [1.165, 1.54) is 0 Å². The van der Waals surface area contributed by atoms with Crippen molar-refractivity contribution in [1.82, 2.24) is 9.88 Å². The first-order valence-corrected chi connectivity index (χ1v) is 5.36. The first-order valence-electron chi connectivity index (χ1n) is 4.95. The number of rotatable bonds is 4. The van der Waals surface area contributed by atoms with Crippen LogP contribution in [0.2, 0.25) is 0 Å². The highest BCUT2D eigenvalue weighted by atomic mass is 32.1. The molecule has 1 rings (SSSR count). The van der Waals surface area contributed by atoms with Gasteiger partial charge in [0.25, 0.3) is 0 Å². The third-order valence-electron chi connectivity index (χ3n) is 2.34. The third-order valence-corrected chi connectivity index (χ3v) is 2.70. The molecule has 0 saturated heterocycles. The topological polar surface area (TPSA) is 59.2 Å². The van der Waals surface area contributed by atoms with Gasteiger partial charge in [-0.3, -0.25) is 9.78 Å². The summed E-state index contributed by atoms with van der Waals surface area (Å²) < 4.78 is 0. The number of nitrogens with zero attached hydrogens (tertiary/aromatic N) is 2. The molecule has 1 aromatic rings. The number of carbonyl (C=O) groups is 1. The minimum atomic E-state index is -0.415. The second-order valence-corrected chi connectivity index (χ2v) is 4.15. The van der Waals surface area contributed by atoms with Crippen molar-refractivity contribution >= 4 is 23.1 Å². The lowest BCUT2D eigenvalue weighted by Gasteiger charge is -2.20. The maximum Gasteiger partial charge on any atom is 0.232 e. The second-order valence-electron chi connectivity index (χ2n) is 3.67. The van der Waals surface area contributed by atoms with Crippen LogP contribution < -0.4 is 5.73 Å². The van der Waals surface area contributed by atoms with Gasteiger partial charge in [0.2, 0.25) is 5.91 Å². The molecule has 0 aliphatic carbocycles. The Morgan fingerprint density at radius 3 is 2.62 bits per heavy atom. The molecule has 4 nitrogen and oxygen atoms in total. The molecule has 2 N–H and O–H groups in total. The van der Waals surface area contributed by atoms with E-state index in [0.717, 1.165) is 5.56 Å². The van der Waals surface area contributed by atoms with E-state index in [1.54, 1.807) is 31.3 Å². The van der Waals surface area contributed by atoms with Crippen molar-refractivity contribution in [3.05, 3.63) is 30.1 Å². The quantitative estimate of drug-likeness (QED) is 0.792. The van der Waals surface area contributed by atoms with Gasteiger partial charge in [-0.25, -0.2) is 0 Å². The number of pyridine rings is 1. The molecule has 0 aliphatic rings. The van der Waals surface area contributed by atoms with Crippen LogP contribution in [0.15, 0.2) is 24.5 Å². The number of aromatic nitrogens is 1. The van der Waals surface area contributed by atoms with Crippen molar-refractivity contribution in [2.24, 2.45) is 11.7 Å². The van der Waals surface area contributed by atoms with E-state index in [-0.39, 0.29) is 10.9 Å². The van der Waals surface area contributed by atoms with E-state index in [0.29, 0.717) is 6.54 Å². The van der Waals surface area contributed by atoms with Gasteiger partial charge in [0.15, 0.2) is 0 Å².